The van der Waals surface area contributed by atoms with Crippen LogP contribution in [0.1, 0.15) is 19.8 Å². The molecule has 13 heavy (non-hydrogen) atoms. The Morgan fingerprint density at radius 2 is 2.00 bits per heavy atom. The largest absolute Gasteiger partial charge is 1.00 e. The van der Waals surface area contributed by atoms with E-state index in [1.807, 2.05) is 0 Å². The van der Waals surface area contributed by atoms with E-state index in [0.717, 1.165) is 0 Å². The van der Waals surface area contributed by atoms with Crippen molar-refractivity contribution in [2.75, 3.05) is 6.61 Å². The summed E-state index contributed by atoms with van der Waals surface area (Å²) < 4.78 is 4.47. The Labute approximate surface area is 98.4 Å². The molecule has 0 spiro atoms. The molecule has 0 heterocycles. The van der Waals surface area contributed by atoms with Gasteiger partial charge in [0.25, 0.3) is 0 Å². The molecule has 70 valence electrons. The van der Waals surface area contributed by atoms with Crippen LogP contribution in [0.5, 0.6) is 0 Å². The van der Waals surface area contributed by atoms with Gasteiger partial charge >= 0.3 is 35.5 Å². The van der Waals surface area contributed by atoms with Gasteiger partial charge < -0.3 is 19.7 Å². The van der Waals surface area contributed by atoms with Gasteiger partial charge in [-0.2, -0.15) is 0 Å². The zero-order valence-electron chi connectivity index (χ0n) is 7.78. The maximum absolute atomic E-state index is 10.6. The van der Waals surface area contributed by atoms with E-state index < -0.39 is 18.0 Å². The van der Waals surface area contributed by atoms with Crippen molar-refractivity contribution in [1.82, 2.24) is 0 Å². The van der Waals surface area contributed by atoms with E-state index in [4.69, 9.17) is 5.11 Å². The summed E-state index contributed by atoms with van der Waals surface area (Å²) in [4.78, 5) is 20.5. The first kappa shape index (κ1) is 15.4. The van der Waals surface area contributed by atoms with Crippen LogP contribution in [0.2, 0.25) is 0 Å². The average Bonchev–Trinajstić information content (AvgIpc) is 1.96. The first-order valence-electron chi connectivity index (χ1n) is 3.56. The van der Waals surface area contributed by atoms with Crippen molar-refractivity contribution in [3.8, 4) is 0 Å². The van der Waals surface area contributed by atoms with Crippen LogP contribution in [0.15, 0.2) is 0 Å². The number of aliphatic hydroxyl groups excluding tert-OH is 1. The van der Waals surface area contributed by atoms with Crippen molar-refractivity contribution >= 4 is 11.9 Å². The molecule has 0 aromatic carbocycles. The van der Waals surface area contributed by atoms with E-state index in [9.17, 15) is 14.7 Å². The Balaban J connectivity index is 0. The smallest absolute Gasteiger partial charge is 0.550 e. The van der Waals surface area contributed by atoms with Crippen LogP contribution >= 0.6 is 0 Å². The number of aliphatic hydroxyl groups is 1. The number of carbonyl (C=O) groups is 2. The van der Waals surface area contributed by atoms with Crippen LogP contribution in [0.3, 0.4) is 0 Å². The van der Waals surface area contributed by atoms with Gasteiger partial charge in [-0.15, -0.1) is 0 Å². The molecule has 1 atom stereocenters. The number of esters is 1. The topological polar surface area (TPSA) is 86.7 Å². The van der Waals surface area contributed by atoms with Crippen LogP contribution in [-0.2, 0) is 14.3 Å². The molecular formula is C7H11NaO5. The molecule has 0 bridgehead atoms. The van der Waals surface area contributed by atoms with Gasteiger partial charge in [0.1, 0.15) is 6.61 Å². The Morgan fingerprint density at radius 1 is 1.46 bits per heavy atom. The van der Waals surface area contributed by atoms with Gasteiger partial charge in [-0.3, -0.25) is 4.79 Å². The Kier molecular flexibility index (Phi) is 10.0. The number of aliphatic carboxylic acids is 1. The summed E-state index contributed by atoms with van der Waals surface area (Å²) in [5.41, 5.74) is 0. The van der Waals surface area contributed by atoms with Crippen LogP contribution < -0.4 is 34.7 Å². The average molecular weight is 198 g/mol. The fourth-order valence-corrected chi connectivity index (χ4v) is 0.490. The summed E-state index contributed by atoms with van der Waals surface area (Å²) >= 11 is 0. The number of rotatable bonds is 5. The van der Waals surface area contributed by atoms with Gasteiger partial charge in [0.2, 0.25) is 0 Å². The zero-order valence-corrected chi connectivity index (χ0v) is 9.78. The predicted molar refractivity (Wildman–Crippen MR) is 36.9 cm³/mol. The third kappa shape index (κ3) is 11.9. The third-order valence-electron chi connectivity index (χ3n) is 1.02. The van der Waals surface area contributed by atoms with Gasteiger partial charge in [0.15, 0.2) is 0 Å². The molecule has 0 aliphatic heterocycles. The molecule has 6 heteroatoms. The molecule has 5 nitrogen and oxygen atoms in total. The van der Waals surface area contributed by atoms with E-state index >= 15 is 0 Å². The van der Waals surface area contributed by atoms with Gasteiger partial charge in [-0.25, -0.2) is 0 Å². The summed E-state index contributed by atoms with van der Waals surface area (Å²) in [6, 6.07) is 0. The molecule has 0 aromatic rings. The second-order valence-electron chi connectivity index (χ2n) is 2.40. The predicted octanol–water partition coefficient (Wildman–Crippen LogP) is -4.56. The minimum Gasteiger partial charge on any atom is -0.550 e. The molecular weight excluding hydrogens is 187 g/mol. The molecule has 0 saturated carbocycles. The molecule has 0 saturated heterocycles. The van der Waals surface area contributed by atoms with Crippen molar-refractivity contribution in [3.63, 3.8) is 0 Å². The van der Waals surface area contributed by atoms with Crippen molar-refractivity contribution in [2.24, 2.45) is 0 Å². The molecule has 0 fully saturated rings. The Hall–Kier alpha value is -0.100. The van der Waals surface area contributed by atoms with Crippen molar-refractivity contribution in [2.45, 2.75) is 25.9 Å². The first-order valence-corrected chi connectivity index (χ1v) is 3.56. The van der Waals surface area contributed by atoms with Crippen molar-refractivity contribution < 1.29 is 54.1 Å². The number of ether oxygens (including phenoxy) is 1. The maximum atomic E-state index is 10.6. The molecule has 0 aliphatic rings. The summed E-state index contributed by atoms with van der Waals surface area (Å²) in [6.45, 7) is 1.36. The van der Waals surface area contributed by atoms with Crippen LogP contribution in [-0.4, -0.2) is 29.8 Å². The van der Waals surface area contributed by atoms with Crippen LogP contribution in [0, 0.1) is 0 Å². The summed E-state index contributed by atoms with van der Waals surface area (Å²) in [6.07, 6.45) is -1.29. The standard InChI is InChI=1S/C7H12O5.Na/c1-5(8)4-12-7(11)3-2-6(9)10;/h5,8H,2-4H2,1H3,(H,9,10);/q;+1/p-1. The van der Waals surface area contributed by atoms with E-state index in [-0.39, 0.29) is 49.0 Å². The van der Waals surface area contributed by atoms with E-state index in [1.54, 1.807) is 0 Å². The number of hydrogen-bond acceptors (Lipinski definition) is 5. The van der Waals surface area contributed by atoms with E-state index in [2.05, 4.69) is 4.74 Å². The minimum atomic E-state index is -1.29. The number of carbonyl (C=O) groups excluding carboxylic acids is 2. The minimum absolute atomic E-state index is 0. The fraction of sp³-hybridized carbons (Fsp3) is 0.714. The van der Waals surface area contributed by atoms with E-state index in [0.29, 0.717) is 0 Å². The molecule has 0 aromatic heterocycles. The second-order valence-corrected chi connectivity index (χ2v) is 2.40. The normalized spacial score (nSPS) is 11.2. The maximum Gasteiger partial charge on any atom is 1.00 e. The number of carboxylic acid groups (broad SMARTS) is 1. The van der Waals surface area contributed by atoms with Gasteiger partial charge in [-0.1, -0.05) is 0 Å². The van der Waals surface area contributed by atoms with Gasteiger partial charge in [-0.05, 0) is 13.3 Å². The van der Waals surface area contributed by atoms with Crippen LogP contribution in [0.25, 0.3) is 0 Å². The molecule has 0 aliphatic carbocycles. The molecule has 0 amide bonds. The van der Waals surface area contributed by atoms with Gasteiger partial charge in [0.05, 0.1) is 12.5 Å². The van der Waals surface area contributed by atoms with Crippen molar-refractivity contribution in [1.29, 1.82) is 0 Å². The monoisotopic (exact) mass is 198 g/mol. The molecule has 1 N–H and O–H groups in total. The summed E-state index contributed by atoms with van der Waals surface area (Å²) in [7, 11) is 0. The fourth-order valence-electron chi connectivity index (χ4n) is 0.490. The SMILES string of the molecule is CC(O)COC(=O)CCC(=O)[O-].[Na+]. The number of carboxylic acids is 1. The summed E-state index contributed by atoms with van der Waals surface area (Å²) in [5.74, 6) is -1.93. The molecule has 1 unspecified atom stereocenters. The third-order valence-corrected chi connectivity index (χ3v) is 1.02. The van der Waals surface area contributed by atoms with Gasteiger partial charge in [0, 0.05) is 5.97 Å². The van der Waals surface area contributed by atoms with Crippen molar-refractivity contribution in [3.05, 3.63) is 0 Å². The van der Waals surface area contributed by atoms with Crippen LogP contribution in [0.4, 0.5) is 0 Å². The Bertz CT molecular complexity index is 168. The molecule has 0 rings (SSSR count). The quantitative estimate of drug-likeness (QED) is 0.355. The first-order chi connectivity index (χ1) is 5.52. The summed E-state index contributed by atoms with van der Waals surface area (Å²) in [5, 5.41) is 18.5. The second kappa shape index (κ2) is 8.50. The number of hydrogen-bond donors (Lipinski definition) is 1. The zero-order chi connectivity index (χ0) is 9.56. The van der Waals surface area contributed by atoms with E-state index in [1.165, 1.54) is 6.92 Å². The Morgan fingerprint density at radius 3 is 2.38 bits per heavy atom. The molecule has 0 radical (unpaired) electrons.